The smallest absolute Gasteiger partial charge is 0.407 e. The van der Waals surface area contributed by atoms with Crippen molar-refractivity contribution in [1.29, 1.82) is 0 Å². The molecule has 4 unspecified atom stereocenters. The summed E-state index contributed by atoms with van der Waals surface area (Å²) in [5.41, 5.74) is 0. The molecule has 4 saturated heterocycles. The van der Waals surface area contributed by atoms with E-state index in [1.54, 1.807) is 30.3 Å². The number of amides is 2. The molecule has 1 aromatic rings. The van der Waals surface area contributed by atoms with Crippen LogP contribution in [0.5, 0.6) is 0 Å². The molecule has 0 aliphatic carbocycles. The van der Waals surface area contributed by atoms with Crippen LogP contribution in [0.3, 0.4) is 0 Å². The van der Waals surface area contributed by atoms with Gasteiger partial charge < -0.3 is 68.6 Å². The maximum atomic E-state index is 13.8. The fourth-order valence-corrected chi connectivity index (χ4v) is 8.13. The van der Waals surface area contributed by atoms with Gasteiger partial charge in [0.1, 0.15) is 42.7 Å². The van der Waals surface area contributed by atoms with E-state index in [2.05, 4.69) is 10.6 Å². The highest BCUT2D eigenvalue weighted by Crippen LogP contribution is 2.47. The number of hydrogen-bond donors (Lipinski definition) is 5. The van der Waals surface area contributed by atoms with E-state index in [1.807, 2.05) is 6.92 Å². The molecule has 4 heterocycles. The number of unbranched alkanes of at least 4 members (excludes halogenated alkanes) is 1. The SMILES string of the molecule is CCCCOC[C@@H](O[C@]1(C(=O)OC)CC2OC(=O)N[C@H]2C([C@H](O)[C@H](O)CO)O1)[C@@H](OC(C)=O)C1O[C@@](Sc2ccccc2)(C(=O)OC)CC2OC(=O)N[C@H]21. The third-order valence-corrected chi connectivity index (χ3v) is 10.6. The first-order chi connectivity index (χ1) is 25.8. The number of benzene rings is 1. The minimum absolute atomic E-state index is 0.179. The molecule has 5 N–H and O–H groups in total. The molecule has 0 saturated carbocycles. The summed E-state index contributed by atoms with van der Waals surface area (Å²) in [5, 5.41) is 36.2. The summed E-state index contributed by atoms with van der Waals surface area (Å²) in [7, 11) is 2.19. The maximum absolute atomic E-state index is 13.8. The van der Waals surface area contributed by atoms with Crippen molar-refractivity contribution in [2.24, 2.45) is 0 Å². The van der Waals surface area contributed by atoms with Gasteiger partial charge in [-0.3, -0.25) is 4.79 Å². The number of carbonyl (C=O) groups excluding carboxylic acids is 5. The Balaban J connectivity index is 1.61. The van der Waals surface area contributed by atoms with Gasteiger partial charge in [0.15, 0.2) is 6.10 Å². The average molecular weight is 787 g/mol. The third kappa shape index (κ3) is 8.86. The Morgan fingerprint density at radius 3 is 2.17 bits per heavy atom. The number of thioether (sulfide) groups is 1. The van der Waals surface area contributed by atoms with Crippen LogP contribution in [0.1, 0.15) is 39.5 Å². The van der Waals surface area contributed by atoms with Crippen LogP contribution in [0, 0.1) is 0 Å². The van der Waals surface area contributed by atoms with Crippen molar-refractivity contribution < 1.29 is 81.9 Å². The zero-order valence-electron chi connectivity index (χ0n) is 30.1. The minimum atomic E-state index is -2.55. The fraction of sp³-hybridized carbons (Fsp3) is 0.676. The number of alkyl carbamates (subject to hydrolysis) is 2. The second-order valence-electron chi connectivity index (χ2n) is 13.1. The highest BCUT2D eigenvalue weighted by Gasteiger charge is 2.64. The van der Waals surface area contributed by atoms with Crippen LogP contribution in [0.2, 0.25) is 0 Å². The largest absolute Gasteiger partial charge is 0.466 e. The van der Waals surface area contributed by atoms with Crippen LogP contribution in [-0.4, -0.2) is 151 Å². The van der Waals surface area contributed by atoms with E-state index in [1.165, 1.54) is 0 Å². The second-order valence-corrected chi connectivity index (χ2v) is 14.4. The van der Waals surface area contributed by atoms with Crippen molar-refractivity contribution in [3.05, 3.63) is 30.3 Å². The Hall–Kier alpha value is -3.76. The number of ether oxygens (including phenoxy) is 9. The standard InChI is InChI=1S/C34H46N2O17S/c1-5-6-12-47-16-22(51-33(29(41)45-3)13-20-23(35-31(43)49-20)27(52-33)25(40)19(39)15-37)26(48-17(2)38)28-24-21(50-32(44)36-24)14-34(53-28,30(42)46-4)54-18-10-8-7-9-11-18/h7-11,19-28,37,39-40H,5-6,12-16H2,1-4H3,(H,35,43)(H,36,44)/t19-,20?,21?,22-,23-,24-,25-,26-,27?,28?,33-,34+/m1/s1. The molecule has 20 heteroatoms. The van der Waals surface area contributed by atoms with Crippen molar-refractivity contribution in [3.63, 3.8) is 0 Å². The summed E-state index contributed by atoms with van der Waals surface area (Å²) in [6, 6.07) is 6.54. The van der Waals surface area contributed by atoms with Crippen LogP contribution in [0.15, 0.2) is 35.2 Å². The van der Waals surface area contributed by atoms with E-state index in [0.717, 1.165) is 39.3 Å². The molecule has 5 rings (SSSR count). The number of fused-ring (bicyclic) bond motifs is 2. The predicted octanol–water partition coefficient (Wildman–Crippen LogP) is -0.103. The van der Waals surface area contributed by atoms with E-state index in [4.69, 9.17) is 42.6 Å². The summed E-state index contributed by atoms with van der Waals surface area (Å²) in [6.45, 7) is 1.87. The number of nitrogens with one attached hydrogen (secondary N) is 2. The molecule has 0 spiro atoms. The first-order valence-corrected chi connectivity index (χ1v) is 18.2. The van der Waals surface area contributed by atoms with Crippen LogP contribution >= 0.6 is 11.8 Å². The number of esters is 3. The number of methoxy groups -OCH3 is 2. The fourth-order valence-electron chi connectivity index (χ4n) is 6.88. The van der Waals surface area contributed by atoms with Crippen molar-refractivity contribution in [3.8, 4) is 0 Å². The number of aliphatic hydroxyl groups is 3. The number of rotatable bonds is 17. The second kappa shape index (κ2) is 17.8. The van der Waals surface area contributed by atoms with Gasteiger partial charge in [0, 0.05) is 24.8 Å². The summed E-state index contributed by atoms with van der Waals surface area (Å²) in [6.07, 6.45) is -13.3. The summed E-state index contributed by atoms with van der Waals surface area (Å²) in [5.74, 6) is -5.43. The summed E-state index contributed by atoms with van der Waals surface area (Å²) in [4.78, 5) is 64.3. The van der Waals surface area contributed by atoms with Crippen LogP contribution in [0.4, 0.5) is 9.59 Å². The van der Waals surface area contributed by atoms with Crippen LogP contribution in [0.25, 0.3) is 0 Å². The molecule has 0 radical (unpaired) electrons. The highest BCUT2D eigenvalue weighted by molar-refractivity contribution is 8.01. The zero-order valence-corrected chi connectivity index (χ0v) is 30.9. The van der Waals surface area contributed by atoms with Crippen LogP contribution in [-0.2, 0) is 57.0 Å². The Kier molecular flexibility index (Phi) is 13.6. The first-order valence-electron chi connectivity index (χ1n) is 17.4. The molecule has 300 valence electrons. The molecule has 54 heavy (non-hydrogen) atoms. The molecule has 0 aromatic heterocycles. The van der Waals surface area contributed by atoms with Gasteiger partial charge in [0.2, 0.25) is 4.93 Å². The highest BCUT2D eigenvalue weighted by atomic mass is 32.2. The first kappa shape index (κ1) is 41.4. The Morgan fingerprint density at radius 2 is 1.57 bits per heavy atom. The lowest BCUT2D eigenvalue weighted by molar-refractivity contribution is -0.333. The quantitative estimate of drug-likeness (QED) is 0.0785. The van der Waals surface area contributed by atoms with Crippen molar-refractivity contribution in [1.82, 2.24) is 10.6 Å². The van der Waals surface area contributed by atoms with Gasteiger partial charge in [-0.25, -0.2) is 19.2 Å². The van der Waals surface area contributed by atoms with Crippen molar-refractivity contribution >= 4 is 41.9 Å². The number of hydrogen-bond acceptors (Lipinski definition) is 18. The van der Waals surface area contributed by atoms with Gasteiger partial charge in [-0.2, -0.15) is 0 Å². The number of aliphatic hydroxyl groups excluding tert-OH is 3. The maximum Gasteiger partial charge on any atom is 0.407 e. The molecule has 2 amide bonds. The molecule has 0 bridgehead atoms. The molecular weight excluding hydrogens is 740 g/mol. The van der Waals surface area contributed by atoms with Gasteiger partial charge in [0.25, 0.3) is 5.79 Å². The van der Waals surface area contributed by atoms with Gasteiger partial charge in [-0.15, -0.1) is 0 Å². The Bertz CT molecular complexity index is 1510. The minimum Gasteiger partial charge on any atom is -0.466 e. The summed E-state index contributed by atoms with van der Waals surface area (Å²) < 4.78 is 52.4. The molecule has 12 atom stereocenters. The van der Waals surface area contributed by atoms with Gasteiger partial charge in [0.05, 0.1) is 45.9 Å². The van der Waals surface area contributed by atoms with Gasteiger partial charge in [-0.05, 0) is 18.6 Å². The average Bonchev–Trinajstić information content (AvgIpc) is 3.73. The monoisotopic (exact) mass is 786 g/mol. The van der Waals surface area contributed by atoms with E-state index in [-0.39, 0.29) is 13.0 Å². The summed E-state index contributed by atoms with van der Waals surface area (Å²) >= 11 is 0.979. The predicted molar refractivity (Wildman–Crippen MR) is 180 cm³/mol. The zero-order chi connectivity index (χ0) is 39.2. The third-order valence-electron chi connectivity index (χ3n) is 9.38. The van der Waals surface area contributed by atoms with Gasteiger partial charge >= 0.3 is 30.1 Å². The molecule has 4 aliphatic rings. The van der Waals surface area contributed by atoms with E-state index in [0.29, 0.717) is 11.3 Å². The Morgan fingerprint density at radius 1 is 0.944 bits per heavy atom. The van der Waals surface area contributed by atoms with Crippen molar-refractivity contribution in [2.75, 3.05) is 34.0 Å². The van der Waals surface area contributed by atoms with Crippen molar-refractivity contribution in [2.45, 2.75) is 116 Å². The molecule has 4 fully saturated rings. The molecular formula is C34H46N2O17S. The molecule has 1 aromatic carbocycles. The lowest BCUT2D eigenvalue weighted by Gasteiger charge is -2.49. The van der Waals surface area contributed by atoms with E-state index in [9.17, 15) is 39.3 Å². The van der Waals surface area contributed by atoms with E-state index >= 15 is 0 Å². The normalized spacial score (nSPS) is 32.3. The lowest BCUT2D eigenvalue weighted by Crippen LogP contribution is -2.68. The lowest BCUT2D eigenvalue weighted by atomic mass is 9.88. The molecule has 4 aliphatic heterocycles. The van der Waals surface area contributed by atoms with E-state index < -0.39 is 121 Å². The Labute approximate surface area is 314 Å². The van der Waals surface area contributed by atoms with Gasteiger partial charge in [-0.1, -0.05) is 43.3 Å². The molecule has 19 nitrogen and oxygen atoms in total. The van der Waals surface area contributed by atoms with Crippen LogP contribution < -0.4 is 10.6 Å². The number of carbonyl (C=O) groups is 5. The topological polar surface area (TPSA) is 253 Å².